The summed E-state index contributed by atoms with van der Waals surface area (Å²) in [5.41, 5.74) is 9.64. The third-order valence-corrected chi connectivity index (χ3v) is 7.59. The lowest BCUT2D eigenvalue weighted by molar-refractivity contribution is -0.119. The number of nitrogens with zero attached hydrogens (tertiary/aromatic N) is 3. The molecule has 0 radical (unpaired) electrons. The molecule has 3 heterocycles. The number of carbonyl (C=O) groups excluding carboxylic acids is 2. The second kappa shape index (κ2) is 9.96. The van der Waals surface area contributed by atoms with E-state index in [1.165, 1.54) is 11.8 Å². The first-order valence-electron chi connectivity index (χ1n) is 13.0. The molecule has 0 bridgehead atoms. The van der Waals surface area contributed by atoms with Crippen molar-refractivity contribution in [2.75, 3.05) is 28.6 Å². The topological polar surface area (TPSA) is 163 Å². The molecule has 1 aromatic carbocycles. The zero-order chi connectivity index (χ0) is 27.0. The number of allylic oxidation sites excluding steroid dienone is 2. The number of nitrogens with two attached hydrogens (primary N) is 1. The second-order valence-corrected chi connectivity index (χ2v) is 10.7. The van der Waals surface area contributed by atoms with E-state index in [-0.39, 0.29) is 23.3 Å². The van der Waals surface area contributed by atoms with Crippen LogP contribution >= 0.6 is 0 Å². The average Bonchev–Trinajstić information content (AvgIpc) is 3.12. The molecule has 2 aliphatic heterocycles. The van der Waals surface area contributed by atoms with Crippen LogP contribution in [0.5, 0.6) is 0 Å². The normalized spacial score (nSPS) is 20.3. The van der Waals surface area contributed by atoms with Crippen LogP contribution in [0, 0.1) is 0 Å². The Morgan fingerprint density at radius 2 is 2.05 bits per heavy atom. The van der Waals surface area contributed by atoms with E-state index >= 15 is 0 Å². The third-order valence-electron chi connectivity index (χ3n) is 7.59. The fraction of sp³-hybridized carbons (Fsp3) is 0.444. The number of nitrogens with one attached hydrogen (secondary N) is 3. The van der Waals surface area contributed by atoms with E-state index < -0.39 is 17.4 Å². The fourth-order valence-electron chi connectivity index (χ4n) is 5.46. The van der Waals surface area contributed by atoms with E-state index in [0.29, 0.717) is 24.7 Å². The number of carboxylic acid groups (broad SMARTS) is 1. The maximum atomic E-state index is 12.8. The number of carbonyl (C=O) groups is 3. The summed E-state index contributed by atoms with van der Waals surface area (Å²) in [5.74, 6) is -0.0897. The molecule has 38 heavy (non-hydrogen) atoms. The van der Waals surface area contributed by atoms with Crippen molar-refractivity contribution in [3.8, 4) is 0 Å². The van der Waals surface area contributed by atoms with Crippen molar-refractivity contribution >= 4 is 46.6 Å². The van der Waals surface area contributed by atoms with Gasteiger partial charge in [-0.2, -0.15) is 4.98 Å². The molecule has 1 saturated heterocycles. The van der Waals surface area contributed by atoms with E-state index in [0.717, 1.165) is 55.3 Å². The van der Waals surface area contributed by atoms with Gasteiger partial charge in [0, 0.05) is 36.6 Å². The Morgan fingerprint density at radius 1 is 1.24 bits per heavy atom. The average molecular weight is 520 g/mol. The molecule has 3 aliphatic rings. The molecule has 1 fully saturated rings. The molecular formula is C27H33N7O4. The number of primary amides is 1. The molecule has 11 heteroatoms. The quantitative estimate of drug-likeness (QED) is 0.385. The van der Waals surface area contributed by atoms with E-state index in [1.54, 1.807) is 0 Å². The van der Waals surface area contributed by atoms with Gasteiger partial charge >= 0.3 is 6.09 Å². The Labute approximate surface area is 220 Å². The lowest BCUT2D eigenvalue weighted by Crippen LogP contribution is -2.48. The molecule has 1 aromatic heterocycles. The highest BCUT2D eigenvalue weighted by Gasteiger charge is 2.40. The largest absolute Gasteiger partial charge is 0.465 e. The highest BCUT2D eigenvalue weighted by Crippen LogP contribution is 2.45. The zero-order valence-electron chi connectivity index (χ0n) is 21.6. The van der Waals surface area contributed by atoms with Gasteiger partial charge in [-0.3, -0.25) is 9.59 Å². The smallest absolute Gasteiger partial charge is 0.404 e. The van der Waals surface area contributed by atoms with Gasteiger partial charge in [0.15, 0.2) is 0 Å². The van der Waals surface area contributed by atoms with Gasteiger partial charge in [0.05, 0.1) is 11.1 Å². The van der Waals surface area contributed by atoms with Crippen molar-refractivity contribution in [2.45, 2.75) is 63.8 Å². The number of aromatic nitrogens is 2. The van der Waals surface area contributed by atoms with Gasteiger partial charge in [0.2, 0.25) is 11.9 Å². The van der Waals surface area contributed by atoms with Crippen LogP contribution in [-0.4, -0.2) is 52.1 Å². The highest BCUT2D eigenvalue weighted by atomic mass is 16.4. The molecular weight excluding hydrogens is 486 g/mol. The summed E-state index contributed by atoms with van der Waals surface area (Å²) >= 11 is 0. The molecule has 0 saturated carbocycles. The predicted octanol–water partition coefficient (Wildman–Crippen LogP) is 3.74. The van der Waals surface area contributed by atoms with Gasteiger partial charge in [-0.05, 0) is 75.6 Å². The van der Waals surface area contributed by atoms with Gasteiger partial charge in [0.1, 0.15) is 11.4 Å². The Balaban J connectivity index is 1.53. The minimum Gasteiger partial charge on any atom is -0.465 e. The lowest BCUT2D eigenvalue weighted by atomic mass is 9.83. The number of rotatable bonds is 6. The number of piperidine rings is 1. The second-order valence-electron chi connectivity index (χ2n) is 10.7. The molecule has 1 atom stereocenters. The maximum Gasteiger partial charge on any atom is 0.404 e. The van der Waals surface area contributed by atoms with Crippen molar-refractivity contribution in [2.24, 2.45) is 5.73 Å². The molecule has 1 unspecified atom stereocenters. The summed E-state index contributed by atoms with van der Waals surface area (Å²) in [5, 5.41) is 18.0. The van der Waals surface area contributed by atoms with Crippen LogP contribution in [0.1, 0.15) is 73.9 Å². The van der Waals surface area contributed by atoms with Crippen LogP contribution in [0.3, 0.4) is 0 Å². The van der Waals surface area contributed by atoms with Crippen molar-refractivity contribution in [1.82, 2.24) is 15.3 Å². The monoisotopic (exact) mass is 519 g/mol. The van der Waals surface area contributed by atoms with E-state index in [1.807, 2.05) is 30.9 Å². The molecule has 1 aliphatic carbocycles. The van der Waals surface area contributed by atoms with Crippen molar-refractivity contribution in [3.05, 3.63) is 41.1 Å². The van der Waals surface area contributed by atoms with Gasteiger partial charge in [-0.1, -0.05) is 6.08 Å². The fourth-order valence-corrected chi connectivity index (χ4v) is 5.46. The van der Waals surface area contributed by atoms with Crippen molar-refractivity contribution in [3.63, 3.8) is 0 Å². The number of benzene rings is 1. The third kappa shape index (κ3) is 4.88. The minimum absolute atomic E-state index is 0.0564. The predicted molar refractivity (Wildman–Crippen MR) is 145 cm³/mol. The first-order valence-corrected chi connectivity index (χ1v) is 13.0. The van der Waals surface area contributed by atoms with Gasteiger partial charge in [-0.25, -0.2) is 9.78 Å². The summed E-state index contributed by atoms with van der Waals surface area (Å²) in [6, 6.07) is 3.66. The standard InChI is InChI=1S/C27H33N7O4/c1-27(2)20-12-17(11-18(21(20)32-24(27)36)15-7-4-3-5-8-15)30-23-19(22(28)35)13-29-25(33-23)34-10-6-9-16(14-34)31-26(37)38/h7,11-13,16,31H,3-6,8-10,14H2,1-2H3,(H2,28,35)(H,32,36)(H,37,38)(H,29,30,33). The van der Waals surface area contributed by atoms with E-state index in [4.69, 9.17) is 10.8 Å². The zero-order valence-corrected chi connectivity index (χ0v) is 21.6. The Hall–Kier alpha value is -4.15. The SMILES string of the molecule is CC1(C)C(=O)Nc2c(C3=CCCCC3)cc(Nc3nc(N4CCCC(NC(=O)O)C4)ncc3C(N)=O)cc21. The Kier molecular flexibility index (Phi) is 6.68. The first-order chi connectivity index (χ1) is 18.1. The highest BCUT2D eigenvalue weighted by molar-refractivity contribution is 6.09. The minimum atomic E-state index is -1.07. The van der Waals surface area contributed by atoms with Crippen LogP contribution in [-0.2, 0) is 10.2 Å². The van der Waals surface area contributed by atoms with Crippen LogP contribution < -0.4 is 26.6 Å². The molecule has 200 valence electrons. The molecule has 6 N–H and O–H groups in total. The van der Waals surface area contributed by atoms with E-state index in [2.05, 4.69) is 32.0 Å². The van der Waals surface area contributed by atoms with Gasteiger partial charge < -0.3 is 31.7 Å². The van der Waals surface area contributed by atoms with Crippen molar-refractivity contribution < 1.29 is 19.5 Å². The number of anilines is 4. The molecule has 2 aromatic rings. The van der Waals surface area contributed by atoms with Crippen LogP contribution in [0.4, 0.5) is 27.9 Å². The lowest BCUT2D eigenvalue weighted by Gasteiger charge is -2.32. The number of hydrogen-bond donors (Lipinski definition) is 5. The summed E-state index contributed by atoms with van der Waals surface area (Å²) in [6.45, 7) is 4.87. The van der Waals surface area contributed by atoms with Crippen molar-refractivity contribution in [1.29, 1.82) is 0 Å². The summed E-state index contributed by atoms with van der Waals surface area (Å²) in [4.78, 5) is 47.1. The Bertz CT molecular complexity index is 1340. The van der Waals surface area contributed by atoms with Crippen LogP contribution in [0.25, 0.3) is 5.57 Å². The number of amides is 3. The molecule has 0 spiro atoms. The summed E-state index contributed by atoms with van der Waals surface area (Å²) < 4.78 is 0. The molecule has 11 nitrogen and oxygen atoms in total. The molecule has 5 rings (SSSR count). The number of fused-ring (bicyclic) bond motifs is 1. The molecule has 3 amide bonds. The number of hydrogen-bond acceptors (Lipinski definition) is 7. The van der Waals surface area contributed by atoms with Gasteiger partial charge in [-0.15, -0.1) is 0 Å². The van der Waals surface area contributed by atoms with E-state index in [9.17, 15) is 14.4 Å². The summed E-state index contributed by atoms with van der Waals surface area (Å²) in [7, 11) is 0. The van der Waals surface area contributed by atoms with Crippen LogP contribution in [0.15, 0.2) is 24.4 Å². The van der Waals surface area contributed by atoms with Crippen LogP contribution in [0.2, 0.25) is 0 Å². The maximum absolute atomic E-state index is 12.8. The van der Waals surface area contributed by atoms with Gasteiger partial charge in [0.25, 0.3) is 5.91 Å². The first kappa shape index (κ1) is 25.5. The Morgan fingerprint density at radius 3 is 2.76 bits per heavy atom. The summed E-state index contributed by atoms with van der Waals surface area (Å²) in [6.07, 6.45) is 8.21.